The molecule has 0 aromatic heterocycles. The maximum atomic E-state index is 11.4. The van der Waals surface area contributed by atoms with Crippen molar-refractivity contribution in [2.45, 2.75) is 11.3 Å². The quantitative estimate of drug-likeness (QED) is 0.820. The fourth-order valence-electron chi connectivity index (χ4n) is 2.06. The topological polar surface area (TPSA) is 52.3 Å². The van der Waals surface area contributed by atoms with E-state index in [0.717, 1.165) is 0 Å². The highest BCUT2D eigenvalue weighted by molar-refractivity contribution is 7.99. The van der Waals surface area contributed by atoms with Gasteiger partial charge < -0.3 is 10.5 Å². The first-order valence-electron chi connectivity index (χ1n) is 6.77. The number of halogens is 1. The Morgan fingerprint density at radius 1 is 1.05 bits per heavy atom. The number of esters is 1. The number of rotatable bonds is 6. The molecule has 0 amide bonds. The van der Waals surface area contributed by atoms with Gasteiger partial charge in [0.2, 0.25) is 0 Å². The van der Waals surface area contributed by atoms with Gasteiger partial charge in [0.05, 0.1) is 12.4 Å². The van der Waals surface area contributed by atoms with E-state index in [9.17, 15) is 4.79 Å². The molecule has 0 fully saturated rings. The highest BCUT2D eigenvalue weighted by atomic mass is 35.5. The lowest BCUT2D eigenvalue weighted by molar-refractivity contribution is -0.141. The zero-order chi connectivity index (χ0) is 15.1. The van der Waals surface area contributed by atoms with Gasteiger partial charge in [0, 0.05) is 5.75 Å². The zero-order valence-corrected chi connectivity index (χ0v) is 14.0. The number of hydrogen-bond donors (Lipinski definition) is 1. The zero-order valence-electron chi connectivity index (χ0n) is 12.3. The number of benzene rings is 2. The first-order chi connectivity index (χ1) is 10.2. The summed E-state index contributed by atoms with van der Waals surface area (Å²) in [6.45, 7) is 0. The molecule has 0 aliphatic rings. The molecule has 0 aliphatic heterocycles. The average Bonchev–Trinajstić information content (AvgIpc) is 2.56. The van der Waals surface area contributed by atoms with E-state index >= 15 is 0 Å². The van der Waals surface area contributed by atoms with Crippen LogP contribution in [0.3, 0.4) is 0 Å². The van der Waals surface area contributed by atoms with Gasteiger partial charge >= 0.3 is 5.97 Å². The molecule has 2 aromatic carbocycles. The van der Waals surface area contributed by atoms with Crippen molar-refractivity contribution >= 4 is 30.1 Å². The van der Waals surface area contributed by atoms with E-state index in [2.05, 4.69) is 29.0 Å². The Hall–Kier alpha value is -1.49. The fraction of sp³-hybridized carbons (Fsp3) is 0.235. The minimum atomic E-state index is -0.602. The number of ether oxygens (including phenoxy) is 1. The van der Waals surface area contributed by atoms with Crippen LogP contribution in [0.15, 0.2) is 60.7 Å². The van der Waals surface area contributed by atoms with Gasteiger partial charge in [0.25, 0.3) is 0 Å². The lowest BCUT2D eigenvalue weighted by Crippen LogP contribution is -2.34. The maximum absolute atomic E-state index is 11.4. The minimum Gasteiger partial charge on any atom is -0.468 e. The molecule has 2 rings (SSSR count). The number of methoxy groups -OCH3 is 1. The molecule has 0 bridgehead atoms. The summed E-state index contributed by atoms with van der Waals surface area (Å²) >= 11 is 1.65. The average molecular weight is 338 g/mol. The minimum absolute atomic E-state index is 0. The van der Waals surface area contributed by atoms with Crippen molar-refractivity contribution in [1.29, 1.82) is 0 Å². The van der Waals surface area contributed by atoms with Crippen LogP contribution in [0.5, 0.6) is 0 Å². The van der Waals surface area contributed by atoms with E-state index in [-0.39, 0.29) is 23.6 Å². The van der Waals surface area contributed by atoms with Gasteiger partial charge in [0.15, 0.2) is 0 Å². The first-order valence-corrected chi connectivity index (χ1v) is 7.82. The molecule has 3 nitrogen and oxygen atoms in total. The van der Waals surface area contributed by atoms with E-state index in [4.69, 9.17) is 5.73 Å². The Balaban J connectivity index is 0.00000242. The van der Waals surface area contributed by atoms with E-state index < -0.39 is 6.04 Å². The van der Waals surface area contributed by atoms with Crippen LogP contribution < -0.4 is 5.73 Å². The maximum Gasteiger partial charge on any atom is 0.323 e. The van der Waals surface area contributed by atoms with Gasteiger partial charge in [-0.3, -0.25) is 4.79 Å². The number of carbonyl (C=O) groups excluding carboxylic acids is 1. The second kappa shape index (κ2) is 9.51. The van der Waals surface area contributed by atoms with Crippen molar-refractivity contribution in [2.75, 3.05) is 12.9 Å². The number of thioether (sulfide) groups is 1. The Morgan fingerprint density at radius 3 is 1.91 bits per heavy atom. The highest BCUT2D eigenvalue weighted by Gasteiger charge is 2.19. The van der Waals surface area contributed by atoms with E-state index in [0.29, 0.717) is 5.75 Å². The third-order valence-electron chi connectivity index (χ3n) is 3.15. The van der Waals surface area contributed by atoms with Crippen molar-refractivity contribution in [3.05, 3.63) is 71.8 Å². The summed E-state index contributed by atoms with van der Waals surface area (Å²) in [6, 6.07) is 19.8. The standard InChI is InChI=1S/C17H19NO2S.ClH/c1-20-17(19)15(18)12-21-16(13-8-4-2-5-9-13)14-10-6-3-7-11-14;/h2-11,15-16H,12,18H2,1H3;1H/t15-;/m1./s1. The molecule has 0 spiro atoms. The molecule has 0 saturated carbocycles. The third-order valence-corrected chi connectivity index (χ3v) is 4.58. The van der Waals surface area contributed by atoms with Crippen LogP contribution in [0.4, 0.5) is 0 Å². The fourth-order valence-corrected chi connectivity index (χ4v) is 3.29. The summed E-state index contributed by atoms with van der Waals surface area (Å²) < 4.78 is 4.68. The van der Waals surface area contributed by atoms with Gasteiger partial charge in [-0.05, 0) is 11.1 Å². The predicted molar refractivity (Wildman–Crippen MR) is 94.4 cm³/mol. The first kappa shape index (κ1) is 18.6. The molecule has 0 heterocycles. The summed E-state index contributed by atoms with van der Waals surface area (Å²) in [4.78, 5) is 11.4. The number of nitrogens with two attached hydrogens (primary N) is 1. The van der Waals surface area contributed by atoms with Gasteiger partial charge in [0.1, 0.15) is 6.04 Å². The van der Waals surface area contributed by atoms with E-state index in [1.165, 1.54) is 18.2 Å². The van der Waals surface area contributed by atoms with Crippen molar-refractivity contribution in [2.24, 2.45) is 5.73 Å². The van der Waals surface area contributed by atoms with Crippen LogP contribution in [-0.2, 0) is 9.53 Å². The molecule has 22 heavy (non-hydrogen) atoms. The number of hydrogen-bond acceptors (Lipinski definition) is 4. The molecule has 0 unspecified atom stereocenters. The van der Waals surface area contributed by atoms with Crippen LogP contribution in [0.2, 0.25) is 0 Å². The second-order valence-corrected chi connectivity index (χ2v) is 5.80. The number of carbonyl (C=O) groups is 1. The summed E-state index contributed by atoms with van der Waals surface area (Å²) in [5.74, 6) is 0.142. The Labute approximate surface area is 141 Å². The molecular formula is C17H20ClNO2S. The van der Waals surface area contributed by atoms with Crippen LogP contribution in [0.1, 0.15) is 16.4 Å². The van der Waals surface area contributed by atoms with Crippen LogP contribution in [-0.4, -0.2) is 24.9 Å². The molecule has 1 atom stereocenters. The van der Waals surface area contributed by atoms with Crippen molar-refractivity contribution in [3.8, 4) is 0 Å². The molecule has 0 aliphatic carbocycles. The molecule has 0 saturated heterocycles. The second-order valence-electron chi connectivity index (χ2n) is 4.66. The summed E-state index contributed by atoms with van der Waals surface area (Å²) in [5.41, 5.74) is 8.24. The summed E-state index contributed by atoms with van der Waals surface area (Å²) in [6.07, 6.45) is 0. The van der Waals surface area contributed by atoms with Gasteiger partial charge in [-0.25, -0.2) is 0 Å². The normalized spacial score (nSPS) is 11.6. The van der Waals surface area contributed by atoms with Gasteiger partial charge in [-0.1, -0.05) is 60.7 Å². The van der Waals surface area contributed by atoms with Crippen molar-refractivity contribution in [3.63, 3.8) is 0 Å². The molecule has 5 heteroatoms. The Kier molecular flexibility index (Phi) is 8.02. The smallest absolute Gasteiger partial charge is 0.323 e. The SMILES string of the molecule is COC(=O)[C@H](N)CSC(c1ccccc1)c1ccccc1.Cl. The lowest BCUT2D eigenvalue weighted by atomic mass is 10.0. The Morgan fingerprint density at radius 2 is 1.50 bits per heavy atom. The highest BCUT2D eigenvalue weighted by Crippen LogP contribution is 2.35. The monoisotopic (exact) mass is 337 g/mol. The summed E-state index contributed by atoms with van der Waals surface area (Å²) in [7, 11) is 1.36. The lowest BCUT2D eigenvalue weighted by Gasteiger charge is -2.19. The molecule has 2 N–H and O–H groups in total. The Bertz CT molecular complexity index is 526. The molecule has 2 aromatic rings. The third kappa shape index (κ3) is 5.05. The van der Waals surface area contributed by atoms with Crippen LogP contribution >= 0.6 is 24.2 Å². The van der Waals surface area contributed by atoms with Crippen molar-refractivity contribution < 1.29 is 9.53 Å². The molecule has 0 radical (unpaired) electrons. The van der Waals surface area contributed by atoms with Gasteiger partial charge in [-0.15, -0.1) is 24.2 Å². The van der Waals surface area contributed by atoms with E-state index in [1.807, 2.05) is 36.4 Å². The van der Waals surface area contributed by atoms with Crippen molar-refractivity contribution in [1.82, 2.24) is 0 Å². The van der Waals surface area contributed by atoms with Gasteiger partial charge in [-0.2, -0.15) is 0 Å². The van der Waals surface area contributed by atoms with Crippen LogP contribution in [0.25, 0.3) is 0 Å². The largest absolute Gasteiger partial charge is 0.468 e. The van der Waals surface area contributed by atoms with E-state index in [1.54, 1.807) is 11.8 Å². The molecule has 118 valence electrons. The molecular weight excluding hydrogens is 318 g/mol. The predicted octanol–water partition coefficient (Wildman–Crippen LogP) is 3.43. The van der Waals surface area contributed by atoms with Crippen LogP contribution in [0, 0.1) is 0 Å². The summed E-state index contributed by atoms with van der Waals surface area (Å²) in [5, 5.41) is 0.156.